The number of benzene rings is 2. The molecule has 0 unspecified atom stereocenters. The minimum absolute atomic E-state index is 0.578. The first-order valence-electron chi connectivity index (χ1n) is 9.30. The van der Waals surface area contributed by atoms with Crippen LogP contribution >= 0.6 is 12.2 Å². The zero-order valence-electron chi connectivity index (χ0n) is 15.2. The summed E-state index contributed by atoms with van der Waals surface area (Å²) in [5.41, 5.74) is 4.08. The molecular formula is C22H28N2S. The van der Waals surface area contributed by atoms with E-state index in [1.165, 1.54) is 29.5 Å². The number of hydrogen-bond donors (Lipinski definition) is 1. The molecule has 1 fully saturated rings. The summed E-state index contributed by atoms with van der Waals surface area (Å²) in [5.74, 6) is 0.578. The predicted octanol–water partition coefficient (Wildman–Crippen LogP) is 4.89. The van der Waals surface area contributed by atoms with E-state index >= 15 is 0 Å². The standard InChI is InChI=1S/C22H28N2S/c1-17(2)20-10-8-19(9-11-20)16-24(21-12-13-21)22(25)23-15-14-18-6-4-3-5-7-18/h3-11,17,21H,12-16H2,1-2H3,(H,23,25). The zero-order chi connectivity index (χ0) is 17.6. The predicted molar refractivity (Wildman–Crippen MR) is 110 cm³/mol. The summed E-state index contributed by atoms with van der Waals surface area (Å²) in [6.07, 6.45) is 3.51. The van der Waals surface area contributed by atoms with E-state index in [0.717, 1.165) is 24.6 Å². The van der Waals surface area contributed by atoms with Crippen LogP contribution in [0.25, 0.3) is 0 Å². The third-order valence-corrected chi connectivity index (χ3v) is 5.16. The van der Waals surface area contributed by atoms with Crippen LogP contribution in [-0.4, -0.2) is 22.6 Å². The molecule has 1 saturated carbocycles. The Bertz CT molecular complexity index is 675. The van der Waals surface area contributed by atoms with Gasteiger partial charge in [-0.2, -0.15) is 0 Å². The van der Waals surface area contributed by atoms with Gasteiger partial charge in [-0.3, -0.25) is 0 Å². The topological polar surface area (TPSA) is 15.3 Å². The SMILES string of the molecule is CC(C)c1ccc(CN(C(=S)NCCc2ccccc2)C2CC2)cc1. The molecule has 0 atom stereocenters. The molecule has 0 amide bonds. The molecule has 0 aromatic heterocycles. The highest BCUT2D eigenvalue weighted by atomic mass is 32.1. The molecule has 132 valence electrons. The Labute approximate surface area is 157 Å². The van der Waals surface area contributed by atoms with E-state index < -0.39 is 0 Å². The maximum atomic E-state index is 5.69. The van der Waals surface area contributed by atoms with Crippen LogP contribution in [0.5, 0.6) is 0 Å². The van der Waals surface area contributed by atoms with Gasteiger partial charge in [-0.25, -0.2) is 0 Å². The molecule has 0 aliphatic heterocycles. The summed E-state index contributed by atoms with van der Waals surface area (Å²) in [6, 6.07) is 20.2. The number of thiocarbonyl (C=S) groups is 1. The molecule has 25 heavy (non-hydrogen) atoms. The lowest BCUT2D eigenvalue weighted by Crippen LogP contribution is -2.41. The fourth-order valence-corrected chi connectivity index (χ4v) is 3.33. The highest BCUT2D eigenvalue weighted by Gasteiger charge is 2.30. The van der Waals surface area contributed by atoms with E-state index in [2.05, 4.69) is 78.7 Å². The Hall–Kier alpha value is -1.87. The van der Waals surface area contributed by atoms with E-state index in [1.54, 1.807) is 0 Å². The lowest BCUT2D eigenvalue weighted by Gasteiger charge is -2.26. The first-order valence-corrected chi connectivity index (χ1v) is 9.71. The van der Waals surface area contributed by atoms with Crippen molar-refractivity contribution in [3.05, 3.63) is 71.3 Å². The minimum atomic E-state index is 0.578. The summed E-state index contributed by atoms with van der Waals surface area (Å²) < 4.78 is 0. The summed E-state index contributed by atoms with van der Waals surface area (Å²) in [5, 5.41) is 4.35. The number of rotatable bonds is 7. The van der Waals surface area contributed by atoms with Gasteiger partial charge in [0.15, 0.2) is 5.11 Å². The average molecular weight is 353 g/mol. The second-order valence-corrected chi connectivity index (χ2v) is 7.61. The van der Waals surface area contributed by atoms with Gasteiger partial charge >= 0.3 is 0 Å². The van der Waals surface area contributed by atoms with E-state index in [9.17, 15) is 0 Å². The summed E-state index contributed by atoms with van der Waals surface area (Å²) in [7, 11) is 0. The van der Waals surface area contributed by atoms with Gasteiger partial charge < -0.3 is 10.2 Å². The Morgan fingerprint density at radius 2 is 1.72 bits per heavy atom. The first-order chi connectivity index (χ1) is 12.1. The molecule has 3 rings (SSSR count). The zero-order valence-corrected chi connectivity index (χ0v) is 16.1. The molecule has 0 spiro atoms. The molecule has 1 aliphatic rings. The molecule has 2 aromatic carbocycles. The third-order valence-electron chi connectivity index (χ3n) is 4.78. The highest BCUT2D eigenvalue weighted by Crippen LogP contribution is 2.28. The molecule has 0 bridgehead atoms. The summed E-state index contributed by atoms with van der Waals surface area (Å²) in [4.78, 5) is 2.37. The van der Waals surface area contributed by atoms with Crippen molar-refractivity contribution in [2.24, 2.45) is 0 Å². The lowest BCUT2D eigenvalue weighted by molar-refractivity contribution is 0.396. The molecule has 2 nitrogen and oxygen atoms in total. The molecule has 0 heterocycles. The minimum Gasteiger partial charge on any atom is -0.362 e. The van der Waals surface area contributed by atoms with Crippen LogP contribution in [0.2, 0.25) is 0 Å². The van der Waals surface area contributed by atoms with Gasteiger partial charge in [0.1, 0.15) is 0 Å². The van der Waals surface area contributed by atoms with Gasteiger partial charge in [-0.1, -0.05) is 68.4 Å². The molecule has 0 saturated heterocycles. The molecule has 3 heteroatoms. The molecule has 1 aliphatic carbocycles. The largest absolute Gasteiger partial charge is 0.362 e. The molecule has 1 N–H and O–H groups in total. The van der Waals surface area contributed by atoms with Crippen molar-refractivity contribution < 1.29 is 0 Å². The maximum absolute atomic E-state index is 5.69. The van der Waals surface area contributed by atoms with Crippen molar-refractivity contribution in [1.29, 1.82) is 0 Å². The Kier molecular flexibility index (Phi) is 6.09. The van der Waals surface area contributed by atoms with Crippen LogP contribution in [0.15, 0.2) is 54.6 Å². The van der Waals surface area contributed by atoms with Crippen LogP contribution in [0.4, 0.5) is 0 Å². The van der Waals surface area contributed by atoms with Crippen molar-refractivity contribution in [1.82, 2.24) is 10.2 Å². The number of nitrogens with one attached hydrogen (secondary N) is 1. The Morgan fingerprint density at radius 1 is 1.04 bits per heavy atom. The second kappa shape index (κ2) is 8.48. The van der Waals surface area contributed by atoms with Crippen molar-refractivity contribution in [2.45, 2.75) is 51.6 Å². The Balaban J connectivity index is 1.54. The summed E-state index contributed by atoms with van der Waals surface area (Å²) in [6.45, 7) is 6.26. The van der Waals surface area contributed by atoms with E-state index in [4.69, 9.17) is 12.2 Å². The Morgan fingerprint density at radius 3 is 2.32 bits per heavy atom. The molecule has 2 aromatic rings. The van der Waals surface area contributed by atoms with Crippen molar-refractivity contribution in [3.63, 3.8) is 0 Å². The smallest absolute Gasteiger partial charge is 0.169 e. The van der Waals surface area contributed by atoms with Crippen LogP contribution in [0.1, 0.15) is 49.3 Å². The number of nitrogens with zero attached hydrogens (tertiary/aromatic N) is 1. The first kappa shape index (κ1) is 17.9. The monoisotopic (exact) mass is 352 g/mol. The summed E-state index contributed by atoms with van der Waals surface area (Å²) >= 11 is 5.69. The maximum Gasteiger partial charge on any atom is 0.169 e. The van der Waals surface area contributed by atoms with Crippen molar-refractivity contribution in [2.75, 3.05) is 6.54 Å². The fraction of sp³-hybridized carbons (Fsp3) is 0.409. The van der Waals surface area contributed by atoms with Gasteiger partial charge in [0.05, 0.1) is 0 Å². The van der Waals surface area contributed by atoms with Gasteiger partial charge in [0.2, 0.25) is 0 Å². The van der Waals surface area contributed by atoms with Crippen LogP contribution in [-0.2, 0) is 13.0 Å². The lowest BCUT2D eigenvalue weighted by atomic mass is 10.0. The van der Waals surface area contributed by atoms with Gasteiger partial charge in [-0.15, -0.1) is 0 Å². The molecule has 0 radical (unpaired) electrons. The van der Waals surface area contributed by atoms with Crippen LogP contribution in [0, 0.1) is 0 Å². The van der Waals surface area contributed by atoms with Crippen molar-refractivity contribution in [3.8, 4) is 0 Å². The number of hydrogen-bond acceptors (Lipinski definition) is 1. The van der Waals surface area contributed by atoms with E-state index in [0.29, 0.717) is 12.0 Å². The fourth-order valence-electron chi connectivity index (χ4n) is 3.02. The van der Waals surface area contributed by atoms with Crippen molar-refractivity contribution >= 4 is 17.3 Å². The normalized spacial score (nSPS) is 13.7. The van der Waals surface area contributed by atoms with Gasteiger partial charge in [0.25, 0.3) is 0 Å². The third kappa shape index (κ3) is 5.30. The van der Waals surface area contributed by atoms with E-state index in [-0.39, 0.29) is 0 Å². The van der Waals surface area contributed by atoms with E-state index in [1.807, 2.05) is 0 Å². The van der Waals surface area contributed by atoms with Gasteiger partial charge in [0, 0.05) is 19.1 Å². The highest BCUT2D eigenvalue weighted by molar-refractivity contribution is 7.80. The molecular weight excluding hydrogens is 324 g/mol. The van der Waals surface area contributed by atoms with Crippen LogP contribution in [0.3, 0.4) is 0 Å². The quantitative estimate of drug-likeness (QED) is 0.714. The van der Waals surface area contributed by atoms with Gasteiger partial charge in [-0.05, 0) is 54.1 Å². The van der Waals surface area contributed by atoms with Crippen LogP contribution < -0.4 is 5.32 Å². The average Bonchev–Trinajstić information content (AvgIpc) is 3.46. The second-order valence-electron chi connectivity index (χ2n) is 7.22.